The average Bonchev–Trinajstić information content (AvgIpc) is 3.69. The van der Waals surface area contributed by atoms with Crippen LogP contribution in [0.15, 0.2) is 91.0 Å². The van der Waals surface area contributed by atoms with E-state index in [0.29, 0.717) is 19.8 Å². The Balaban J connectivity index is 1.11. The summed E-state index contributed by atoms with van der Waals surface area (Å²) in [5.41, 5.74) is 3.13. The zero-order chi connectivity index (χ0) is 33.8. The highest BCUT2D eigenvalue weighted by Crippen LogP contribution is 2.52. The molecule has 0 radical (unpaired) electrons. The van der Waals surface area contributed by atoms with Crippen molar-refractivity contribution in [2.75, 3.05) is 6.61 Å². The quantitative estimate of drug-likeness (QED) is 0.262. The number of ether oxygens (including phenoxy) is 8. The largest absolute Gasteiger partial charge is 0.375 e. The number of amides is 1. The fourth-order valence-corrected chi connectivity index (χ4v) is 8.12. The van der Waals surface area contributed by atoms with Crippen molar-refractivity contribution in [2.45, 2.75) is 114 Å². The highest BCUT2D eigenvalue weighted by molar-refractivity contribution is 5.88. The number of β-lactam (4-membered cyclic amide) rings is 1. The minimum atomic E-state index is -0.886. The second-order valence-corrected chi connectivity index (χ2v) is 14.5. The molecule has 5 heterocycles. The normalized spacial score (nSPS) is 35.4. The monoisotopic (exact) mass is 671 g/mol. The molecule has 1 amide bonds. The lowest BCUT2D eigenvalue weighted by atomic mass is 9.77. The summed E-state index contributed by atoms with van der Waals surface area (Å²) in [5, 5.41) is 0. The molecule has 10 nitrogen and oxygen atoms in total. The van der Waals surface area contributed by atoms with Gasteiger partial charge in [-0.3, -0.25) is 4.79 Å². The van der Waals surface area contributed by atoms with E-state index in [2.05, 4.69) is 0 Å². The number of hydrogen-bond acceptors (Lipinski definition) is 9. The molecule has 49 heavy (non-hydrogen) atoms. The molecule has 0 aromatic heterocycles. The Morgan fingerprint density at radius 3 is 1.69 bits per heavy atom. The third-order valence-electron chi connectivity index (χ3n) is 10.1. The third-order valence-corrected chi connectivity index (χ3v) is 10.1. The molecular weight excluding hydrogens is 626 g/mol. The first-order valence-corrected chi connectivity index (χ1v) is 17.3. The molecule has 3 aromatic carbocycles. The van der Waals surface area contributed by atoms with Crippen LogP contribution in [0, 0.1) is 5.92 Å². The first-order valence-electron chi connectivity index (χ1n) is 17.3. The van der Waals surface area contributed by atoms with Crippen molar-refractivity contribution < 1.29 is 42.7 Å². The zero-order valence-electron chi connectivity index (χ0n) is 28.4. The van der Waals surface area contributed by atoms with E-state index in [0.717, 1.165) is 16.7 Å². The highest BCUT2D eigenvalue weighted by Gasteiger charge is 2.71. The maximum Gasteiger partial charge on any atom is 0.231 e. The molecule has 5 fully saturated rings. The molecule has 0 unspecified atom stereocenters. The van der Waals surface area contributed by atoms with E-state index >= 15 is 0 Å². The summed E-state index contributed by atoms with van der Waals surface area (Å²) in [6, 6.07) is 29.4. The summed E-state index contributed by atoms with van der Waals surface area (Å²) in [7, 11) is 0. The molecule has 5 aliphatic rings. The van der Waals surface area contributed by atoms with E-state index in [1.165, 1.54) is 0 Å². The van der Waals surface area contributed by atoms with Gasteiger partial charge in [-0.05, 0) is 44.4 Å². The molecule has 8 rings (SSSR count). The summed E-state index contributed by atoms with van der Waals surface area (Å²) >= 11 is 0. The lowest BCUT2D eigenvalue weighted by molar-refractivity contribution is -0.259. The van der Waals surface area contributed by atoms with Crippen LogP contribution in [-0.4, -0.2) is 84.0 Å². The molecule has 0 spiro atoms. The number of carbonyl (C=O) groups is 1. The second kappa shape index (κ2) is 13.2. The maximum atomic E-state index is 14.5. The third kappa shape index (κ3) is 6.45. The van der Waals surface area contributed by atoms with Crippen molar-refractivity contribution in [3.63, 3.8) is 0 Å². The Morgan fingerprint density at radius 2 is 1.10 bits per heavy atom. The van der Waals surface area contributed by atoms with Gasteiger partial charge in [0.2, 0.25) is 5.91 Å². The van der Waals surface area contributed by atoms with Crippen molar-refractivity contribution in [1.29, 1.82) is 0 Å². The molecular formula is C39H45NO9. The highest BCUT2D eigenvalue weighted by atomic mass is 16.9. The number of benzene rings is 3. The summed E-state index contributed by atoms with van der Waals surface area (Å²) < 4.78 is 51.9. The van der Waals surface area contributed by atoms with Crippen LogP contribution >= 0.6 is 0 Å². The van der Waals surface area contributed by atoms with E-state index < -0.39 is 60.4 Å². The number of hydrogen-bond donors (Lipinski definition) is 0. The van der Waals surface area contributed by atoms with Gasteiger partial charge < -0.3 is 42.8 Å². The van der Waals surface area contributed by atoms with Gasteiger partial charge in [0, 0.05) is 0 Å². The topological polar surface area (TPSA) is 94.2 Å². The van der Waals surface area contributed by atoms with Crippen molar-refractivity contribution in [2.24, 2.45) is 5.92 Å². The number of carbonyl (C=O) groups excluding carboxylic acids is 1. The van der Waals surface area contributed by atoms with Crippen LogP contribution < -0.4 is 0 Å². The Hall–Kier alpha value is -3.19. The molecule has 0 N–H and O–H groups in total. The Kier molecular flexibility index (Phi) is 8.86. The first kappa shape index (κ1) is 33.0. The Labute approximate surface area is 287 Å². The SMILES string of the molecule is CC1(C)O[C@@H]2[C@H](O1)[C@H]1OC(C)(C)O[C@H]1O[C@@H]2[C@@H]1C(=O)N2[C@@H]1[C@H](OCc1ccccc1)[C@H](OCc1ccccc1)[C@@H]2COCc1ccccc1. The van der Waals surface area contributed by atoms with E-state index in [-0.39, 0.29) is 24.6 Å². The minimum absolute atomic E-state index is 0.0499. The summed E-state index contributed by atoms with van der Waals surface area (Å²) in [5.74, 6) is -2.39. The van der Waals surface area contributed by atoms with Gasteiger partial charge in [0.1, 0.15) is 36.6 Å². The van der Waals surface area contributed by atoms with Crippen LogP contribution in [-0.2, 0) is 62.5 Å². The van der Waals surface area contributed by atoms with Gasteiger partial charge in [0.25, 0.3) is 0 Å². The van der Waals surface area contributed by atoms with Crippen LogP contribution in [0.1, 0.15) is 44.4 Å². The summed E-state index contributed by atoms with van der Waals surface area (Å²) in [6.07, 6.45) is -3.79. The van der Waals surface area contributed by atoms with Gasteiger partial charge in [-0.25, -0.2) is 0 Å². The van der Waals surface area contributed by atoms with Crippen molar-refractivity contribution >= 4 is 5.91 Å². The van der Waals surface area contributed by atoms with Gasteiger partial charge in [0.05, 0.1) is 44.4 Å². The van der Waals surface area contributed by atoms with E-state index in [9.17, 15) is 4.79 Å². The molecule has 3 aromatic rings. The maximum absolute atomic E-state index is 14.5. The van der Waals surface area contributed by atoms with Crippen LogP contribution in [0.25, 0.3) is 0 Å². The number of rotatable bonds is 11. The Bertz CT molecular complexity index is 1590. The molecule has 0 bridgehead atoms. The van der Waals surface area contributed by atoms with Gasteiger partial charge in [-0.15, -0.1) is 0 Å². The molecule has 0 aliphatic carbocycles. The van der Waals surface area contributed by atoms with Crippen molar-refractivity contribution in [1.82, 2.24) is 4.90 Å². The van der Waals surface area contributed by atoms with Gasteiger partial charge in [-0.1, -0.05) is 91.0 Å². The van der Waals surface area contributed by atoms with Crippen molar-refractivity contribution in [3.05, 3.63) is 108 Å². The second-order valence-electron chi connectivity index (χ2n) is 14.5. The minimum Gasteiger partial charge on any atom is -0.375 e. The average molecular weight is 672 g/mol. The molecule has 10 atom stereocenters. The molecule has 10 heteroatoms. The summed E-state index contributed by atoms with van der Waals surface area (Å²) in [6.45, 7) is 8.90. The zero-order valence-corrected chi connectivity index (χ0v) is 28.4. The lowest BCUT2D eigenvalue weighted by Gasteiger charge is -2.52. The summed E-state index contributed by atoms with van der Waals surface area (Å²) in [4.78, 5) is 16.4. The van der Waals surface area contributed by atoms with Crippen LogP contribution in [0.3, 0.4) is 0 Å². The van der Waals surface area contributed by atoms with E-state index in [1.807, 2.05) is 124 Å². The number of fused-ring (bicyclic) bond motifs is 4. The van der Waals surface area contributed by atoms with Crippen molar-refractivity contribution in [3.8, 4) is 0 Å². The van der Waals surface area contributed by atoms with Crippen LogP contribution in [0.5, 0.6) is 0 Å². The van der Waals surface area contributed by atoms with E-state index in [1.54, 1.807) is 0 Å². The first-order chi connectivity index (χ1) is 23.7. The van der Waals surface area contributed by atoms with Gasteiger partial charge in [-0.2, -0.15) is 0 Å². The number of nitrogens with zero attached hydrogens (tertiary/aromatic N) is 1. The lowest BCUT2D eigenvalue weighted by Crippen LogP contribution is -2.71. The van der Waals surface area contributed by atoms with Crippen LogP contribution in [0.4, 0.5) is 0 Å². The predicted octanol–water partition coefficient (Wildman–Crippen LogP) is 4.98. The molecule has 5 saturated heterocycles. The molecule has 0 saturated carbocycles. The Morgan fingerprint density at radius 1 is 0.612 bits per heavy atom. The fraction of sp³-hybridized carbons (Fsp3) is 0.513. The molecule has 260 valence electrons. The smallest absolute Gasteiger partial charge is 0.231 e. The standard InChI is InChI=1S/C39H45NO9/c1-38(2)46-33-31(45-37-35(34(33)47-38)48-39(3,4)49-37)28-29-32(44-22-26-18-12-7-13-19-26)30(43-21-25-16-10-6-11-17-25)27(40(29)36(28)41)23-42-20-24-14-8-5-9-15-24/h5-19,27-35,37H,20-23H2,1-4H3/t27-,28+,29-,30+,31+,32-,33-,34-,35+,37+/m0/s1. The fourth-order valence-electron chi connectivity index (χ4n) is 8.12. The molecule has 5 aliphatic heterocycles. The van der Waals surface area contributed by atoms with Gasteiger partial charge >= 0.3 is 0 Å². The predicted molar refractivity (Wildman–Crippen MR) is 177 cm³/mol. The van der Waals surface area contributed by atoms with E-state index in [4.69, 9.17) is 37.9 Å². The van der Waals surface area contributed by atoms with Gasteiger partial charge in [0.15, 0.2) is 17.9 Å². The van der Waals surface area contributed by atoms with Crippen LogP contribution in [0.2, 0.25) is 0 Å².